The molecule has 31 heavy (non-hydrogen) atoms. The Labute approximate surface area is 196 Å². The summed E-state index contributed by atoms with van der Waals surface area (Å²) in [6.45, 7) is 6.19. The zero-order valence-corrected chi connectivity index (χ0v) is 20.5. The van der Waals surface area contributed by atoms with Crippen molar-refractivity contribution in [2.45, 2.75) is 26.5 Å². The molecule has 0 unspecified atom stereocenters. The number of rotatable bonds is 8. The third-order valence-electron chi connectivity index (χ3n) is 4.92. The van der Waals surface area contributed by atoms with Gasteiger partial charge in [-0.2, -0.15) is 5.10 Å². The summed E-state index contributed by atoms with van der Waals surface area (Å²) >= 11 is 5.22. The molecule has 1 N–H and O–H groups in total. The van der Waals surface area contributed by atoms with Crippen LogP contribution in [0.1, 0.15) is 28.1 Å². The number of hydrazone groups is 1. The van der Waals surface area contributed by atoms with Crippen molar-refractivity contribution in [1.29, 1.82) is 0 Å². The number of carbonyl (C=O) groups excluding carboxylic acids is 1. The summed E-state index contributed by atoms with van der Waals surface area (Å²) in [6.07, 6.45) is 1.70. The second-order valence-corrected chi connectivity index (χ2v) is 8.99. The van der Waals surface area contributed by atoms with Crippen LogP contribution in [0.15, 0.2) is 58.1 Å². The Bertz CT molecular complexity index is 1090. The lowest BCUT2D eigenvalue weighted by Gasteiger charge is -2.10. The largest absolute Gasteiger partial charge is 0.497 e. The summed E-state index contributed by atoms with van der Waals surface area (Å²) in [7, 11) is 1.65. The van der Waals surface area contributed by atoms with Gasteiger partial charge >= 0.3 is 0 Å². The standard InChI is InChI=1S/C24H26BrN3O2S/c1-16-6-5-7-20(12-16)28-17(2)22(24(25)18(28)3)13-26-27-23(29)15-31-14-19-8-10-21(30-4)11-9-19/h5-13H,14-15H2,1-4H3,(H,27,29)/b26-13-. The van der Waals surface area contributed by atoms with Gasteiger partial charge in [0, 0.05) is 32.9 Å². The molecule has 1 heterocycles. The number of halogens is 1. The van der Waals surface area contributed by atoms with Crippen molar-refractivity contribution >= 4 is 39.8 Å². The molecule has 0 saturated heterocycles. The molecule has 7 heteroatoms. The predicted octanol–water partition coefficient (Wildman–Crippen LogP) is 5.56. The van der Waals surface area contributed by atoms with E-state index in [1.165, 1.54) is 5.56 Å². The predicted molar refractivity (Wildman–Crippen MR) is 133 cm³/mol. The molecule has 162 valence electrons. The Balaban J connectivity index is 1.59. The summed E-state index contributed by atoms with van der Waals surface area (Å²) in [6, 6.07) is 16.2. The van der Waals surface area contributed by atoms with Crippen molar-refractivity contribution in [2.24, 2.45) is 5.10 Å². The Hall–Kier alpha value is -2.51. The lowest BCUT2D eigenvalue weighted by atomic mass is 10.2. The second kappa shape index (κ2) is 10.7. The summed E-state index contributed by atoms with van der Waals surface area (Å²) in [5.74, 6) is 1.80. The number of methoxy groups -OCH3 is 1. The van der Waals surface area contributed by atoms with E-state index in [0.29, 0.717) is 5.75 Å². The second-order valence-electron chi connectivity index (χ2n) is 7.21. The highest BCUT2D eigenvalue weighted by molar-refractivity contribution is 9.10. The van der Waals surface area contributed by atoms with Gasteiger partial charge in [0.2, 0.25) is 5.91 Å². The molecule has 0 aliphatic heterocycles. The molecule has 0 spiro atoms. The monoisotopic (exact) mass is 499 g/mol. The lowest BCUT2D eigenvalue weighted by Crippen LogP contribution is -2.19. The summed E-state index contributed by atoms with van der Waals surface area (Å²) in [5, 5.41) is 4.18. The van der Waals surface area contributed by atoms with Gasteiger partial charge in [-0.3, -0.25) is 4.79 Å². The van der Waals surface area contributed by atoms with E-state index < -0.39 is 0 Å². The Morgan fingerprint density at radius 2 is 1.90 bits per heavy atom. The highest BCUT2D eigenvalue weighted by atomic mass is 79.9. The van der Waals surface area contributed by atoms with Crippen LogP contribution in [0.4, 0.5) is 0 Å². The molecular weight excluding hydrogens is 474 g/mol. The normalized spacial score (nSPS) is 11.1. The van der Waals surface area contributed by atoms with Gasteiger partial charge in [0.1, 0.15) is 5.75 Å². The molecule has 0 fully saturated rings. The molecule has 5 nitrogen and oxygen atoms in total. The summed E-state index contributed by atoms with van der Waals surface area (Å²) in [4.78, 5) is 12.1. The minimum atomic E-state index is -0.127. The van der Waals surface area contributed by atoms with E-state index in [2.05, 4.69) is 69.1 Å². The molecule has 3 aromatic rings. The van der Waals surface area contributed by atoms with Crippen LogP contribution in [0.3, 0.4) is 0 Å². The molecule has 1 amide bonds. The number of nitrogens with zero attached hydrogens (tertiary/aromatic N) is 2. The number of carbonyl (C=O) groups is 1. The third-order valence-corrected chi connectivity index (χ3v) is 6.92. The first-order valence-corrected chi connectivity index (χ1v) is 11.8. The SMILES string of the molecule is COc1ccc(CSCC(=O)N/N=C\c2c(Br)c(C)n(-c3cccc(C)c3)c2C)cc1. The Morgan fingerprint density at radius 3 is 2.58 bits per heavy atom. The number of ether oxygens (including phenoxy) is 1. The Morgan fingerprint density at radius 1 is 1.16 bits per heavy atom. The maximum Gasteiger partial charge on any atom is 0.250 e. The number of benzene rings is 2. The molecule has 0 saturated carbocycles. The minimum absolute atomic E-state index is 0.127. The van der Waals surface area contributed by atoms with E-state index in [4.69, 9.17) is 4.74 Å². The molecule has 0 bridgehead atoms. The zero-order valence-electron chi connectivity index (χ0n) is 18.1. The van der Waals surface area contributed by atoms with Gasteiger partial charge in [0.25, 0.3) is 0 Å². The molecule has 3 rings (SSSR count). The number of hydrogen-bond acceptors (Lipinski definition) is 4. The number of aromatic nitrogens is 1. The molecule has 2 aromatic carbocycles. The van der Waals surface area contributed by atoms with Crippen molar-refractivity contribution in [3.8, 4) is 11.4 Å². The van der Waals surface area contributed by atoms with E-state index in [9.17, 15) is 4.79 Å². The fourth-order valence-corrected chi connectivity index (χ4v) is 4.66. The quantitative estimate of drug-likeness (QED) is 0.326. The van der Waals surface area contributed by atoms with Crippen LogP contribution in [0.2, 0.25) is 0 Å². The average molecular weight is 500 g/mol. The van der Waals surface area contributed by atoms with Crippen LogP contribution in [0.25, 0.3) is 5.69 Å². The highest BCUT2D eigenvalue weighted by Gasteiger charge is 2.15. The van der Waals surface area contributed by atoms with E-state index >= 15 is 0 Å². The van der Waals surface area contributed by atoms with Crippen LogP contribution >= 0.6 is 27.7 Å². The molecule has 0 aliphatic carbocycles. The minimum Gasteiger partial charge on any atom is -0.497 e. The fourth-order valence-electron chi connectivity index (χ4n) is 3.31. The maximum absolute atomic E-state index is 12.1. The van der Waals surface area contributed by atoms with Crippen molar-refractivity contribution < 1.29 is 9.53 Å². The van der Waals surface area contributed by atoms with Gasteiger partial charge in [-0.05, 0) is 72.1 Å². The molecular formula is C24H26BrN3O2S. The van der Waals surface area contributed by atoms with E-state index in [-0.39, 0.29) is 5.91 Å². The number of aryl methyl sites for hydroxylation is 1. The maximum atomic E-state index is 12.1. The number of hydrogen-bond donors (Lipinski definition) is 1. The number of nitrogens with one attached hydrogen (secondary N) is 1. The zero-order chi connectivity index (χ0) is 22.4. The lowest BCUT2D eigenvalue weighted by molar-refractivity contribution is -0.118. The smallest absolute Gasteiger partial charge is 0.250 e. The number of thioether (sulfide) groups is 1. The van der Waals surface area contributed by atoms with E-state index in [1.807, 2.05) is 31.2 Å². The van der Waals surface area contributed by atoms with Crippen molar-refractivity contribution in [3.63, 3.8) is 0 Å². The van der Waals surface area contributed by atoms with E-state index in [0.717, 1.165) is 44.2 Å². The van der Waals surface area contributed by atoms with Crippen LogP contribution in [0.5, 0.6) is 5.75 Å². The molecule has 0 atom stereocenters. The highest BCUT2D eigenvalue weighted by Crippen LogP contribution is 2.29. The van der Waals surface area contributed by atoms with Gasteiger partial charge < -0.3 is 9.30 Å². The fraction of sp³-hybridized carbons (Fsp3) is 0.250. The topological polar surface area (TPSA) is 55.6 Å². The van der Waals surface area contributed by atoms with Crippen molar-refractivity contribution in [1.82, 2.24) is 9.99 Å². The summed E-state index contributed by atoms with van der Waals surface area (Å²) in [5.41, 5.74) is 9.18. The molecule has 0 aliphatic rings. The van der Waals surface area contributed by atoms with Crippen molar-refractivity contribution in [2.75, 3.05) is 12.9 Å². The summed E-state index contributed by atoms with van der Waals surface area (Å²) < 4.78 is 8.31. The van der Waals surface area contributed by atoms with Crippen LogP contribution in [0, 0.1) is 20.8 Å². The van der Waals surface area contributed by atoms with Crippen LogP contribution in [-0.4, -0.2) is 29.6 Å². The van der Waals surface area contributed by atoms with Crippen molar-refractivity contribution in [3.05, 3.63) is 81.1 Å². The van der Waals surface area contributed by atoms with Crippen LogP contribution < -0.4 is 10.2 Å². The van der Waals surface area contributed by atoms with Gasteiger partial charge in [-0.25, -0.2) is 5.43 Å². The van der Waals surface area contributed by atoms with Gasteiger partial charge in [-0.15, -0.1) is 11.8 Å². The third kappa shape index (κ3) is 5.80. The average Bonchev–Trinajstić information content (AvgIpc) is 2.97. The van der Waals surface area contributed by atoms with Gasteiger partial charge in [0.15, 0.2) is 0 Å². The first-order valence-electron chi connectivity index (χ1n) is 9.87. The first kappa shape index (κ1) is 23.2. The molecule has 1 aromatic heterocycles. The van der Waals surface area contributed by atoms with Gasteiger partial charge in [-0.1, -0.05) is 24.3 Å². The van der Waals surface area contributed by atoms with Gasteiger partial charge in [0.05, 0.1) is 19.1 Å². The first-order chi connectivity index (χ1) is 14.9. The van der Waals surface area contributed by atoms with E-state index in [1.54, 1.807) is 25.1 Å². The molecule has 0 radical (unpaired) electrons. The Kier molecular flexibility index (Phi) is 7.98. The number of amides is 1. The van der Waals surface area contributed by atoms with Crippen LogP contribution in [-0.2, 0) is 10.5 Å².